The number of benzene rings is 1. The average Bonchev–Trinajstić information content (AvgIpc) is 2.31. The van der Waals surface area contributed by atoms with Gasteiger partial charge in [0.15, 0.2) is 0 Å². The van der Waals surface area contributed by atoms with Gasteiger partial charge >= 0.3 is 5.97 Å². The van der Waals surface area contributed by atoms with Crippen molar-refractivity contribution in [3.05, 3.63) is 34.1 Å². The molecule has 0 fully saturated rings. The summed E-state index contributed by atoms with van der Waals surface area (Å²) in [6.45, 7) is 1.67. The van der Waals surface area contributed by atoms with Crippen molar-refractivity contribution in [2.24, 2.45) is 5.92 Å². The highest BCUT2D eigenvalue weighted by atomic mass is 79.9. The van der Waals surface area contributed by atoms with E-state index in [0.29, 0.717) is 4.47 Å². The number of methoxy groups -OCH3 is 1. The molecule has 1 N–H and O–H groups in total. The minimum atomic E-state index is -1.04. The average molecular weight is 305 g/mol. The van der Waals surface area contributed by atoms with E-state index in [-0.39, 0.29) is 12.0 Å². The Hall–Kier alpha value is -0.940. The van der Waals surface area contributed by atoms with Crippen LogP contribution in [-0.4, -0.2) is 18.2 Å². The maximum absolute atomic E-state index is 13.5. The van der Waals surface area contributed by atoms with Crippen molar-refractivity contribution < 1.29 is 19.0 Å². The fourth-order valence-electron chi connectivity index (χ4n) is 1.51. The normalized spacial score (nSPS) is 14.2. The first-order valence-electron chi connectivity index (χ1n) is 5.15. The third kappa shape index (κ3) is 3.78. The third-order valence-corrected chi connectivity index (χ3v) is 3.03. The third-order valence-electron chi connectivity index (χ3n) is 2.53. The number of hydrogen-bond acceptors (Lipinski definition) is 3. The van der Waals surface area contributed by atoms with Crippen LogP contribution in [-0.2, 0) is 9.53 Å². The van der Waals surface area contributed by atoms with E-state index in [1.54, 1.807) is 13.0 Å². The maximum atomic E-state index is 13.5. The van der Waals surface area contributed by atoms with Crippen molar-refractivity contribution in [1.29, 1.82) is 0 Å². The molecule has 0 aromatic heterocycles. The zero-order valence-electron chi connectivity index (χ0n) is 9.61. The number of esters is 1. The number of hydrogen-bond donors (Lipinski definition) is 1. The summed E-state index contributed by atoms with van der Waals surface area (Å²) in [5.41, 5.74) is 0.177. The molecule has 0 heterocycles. The molecule has 0 amide bonds. The fraction of sp³-hybridized carbons (Fsp3) is 0.417. The second-order valence-corrected chi connectivity index (χ2v) is 4.78. The Bertz CT molecular complexity index is 409. The molecular weight excluding hydrogens is 291 g/mol. The Morgan fingerprint density at radius 2 is 2.24 bits per heavy atom. The summed E-state index contributed by atoms with van der Waals surface area (Å²) in [5, 5.41) is 9.97. The summed E-state index contributed by atoms with van der Waals surface area (Å²) in [6, 6.07) is 4.33. The van der Waals surface area contributed by atoms with Crippen LogP contribution in [0.2, 0.25) is 0 Å². The lowest BCUT2D eigenvalue weighted by Gasteiger charge is -2.18. The van der Waals surface area contributed by atoms with Crippen LogP contribution in [0.1, 0.15) is 25.0 Å². The van der Waals surface area contributed by atoms with Crippen LogP contribution >= 0.6 is 15.9 Å². The topological polar surface area (TPSA) is 46.5 Å². The van der Waals surface area contributed by atoms with E-state index in [2.05, 4.69) is 20.7 Å². The van der Waals surface area contributed by atoms with Gasteiger partial charge in [-0.25, -0.2) is 4.39 Å². The van der Waals surface area contributed by atoms with Crippen molar-refractivity contribution in [3.63, 3.8) is 0 Å². The molecule has 0 radical (unpaired) electrons. The molecule has 0 aliphatic heterocycles. The number of ether oxygens (including phenoxy) is 1. The lowest BCUT2D eigenvalue weighted by Crippen LogP contribution is -2.16. The first kappa shape index (κ1) is 14.1. The summed E-state index contributed by atoms with van der Waals surface area (Å²) in [4.78, 5) is 11.1. The molecule has 0 spiro atoms. The molecule has 0 aliphatic carbocycles. The molecule has 94 valence electrons. The molecule has 2 unspecified atom stereocenters. The monoisotopic (exact) mass is 304 g/mol. The minimum absolute atomic E-state index is 0.0453. The van der Waals surface area contributed by atoms with Crippen LogP contribution in [0.5, 0.6) is 0 Å². The number of aliphatic hydroxyl groups is 1. The summed E-state index contributed by atoms with van der Waals surface area (Å²) in [6.07, 6.45) is -0.990. The molecule has 3 nitrogen and oxygen atoms in total. The predicted molar refractivity (Wildman–Crippen MR) is 64.9 cm³/mol. The van der Waals surface area contributed by atoms with E-state index in [9.17, 15) is 14.3 Å². The van der Waals surface area contributed by atoms with Crippen molar-refractivity contribution in [3.8, 4) is 0 Å². The Morgan fingerprint density at radius 3 is 2.82 bits per heavy atom. The quantitative estimate of drug-likeness (QED) is 0.870. The molecule has 0 bridgehead atoms. The first-order valence-corrected chi connectivity index (χ1v) is 5.94. The molecule has 1 aromatic rings. The van der Waals surface area contributed by atoms with Crippen LogP contribution in [0.15, 0.2) is 22.7 Å². The smallest absolute Gasteiger partial charge is 0.305 e. The van der Waals surface area contributed by atoms with Crippen LogP contribution in [0.25, 0.3) is 0 Å². The Kier molecular flexibility index (Phi) is 5.08. The highest BCUT2D eigenvalue weighted by molar-refractivity contribution is 9.10. The van der Waals surface area contributed by atoms with E-state index in [1.165, 1.54) is 19.2 Å². The van der Waals surface area contributed by atoms with E-state index in [1.807, 2.05) is 0 Å². The van der Waals surface area contributed by atoms with Gasteiger partial charge in [-0.2, -0.15) is 0 Å². The summed E-state index contributed by atoms with van der Waals surface area (Å²) in [5.74, 6) is -1.32. The van der Waals surface area contributed by atoms with Gasteiger partial charge in [0.25, 0.3) is 0 Å². The Labute approximate surface area is 108 Å². The van der Waals surface area contributed by atoms with Crippen molar-refractivity contribution >= 4 is 21.9 Å². The van der Waals surface area contributed by atoms with Gasteiger partial charge in [-0.15, -0.1) is 0 Å². The lowest BCUT2D eigenvalue weighted by molar-refractivity contribution is -0.142. The Morgan fingerprint density at radius 1 is 1.59 bits per heavy atom. The van der Waals surface area contributed by atoms with E-state index in [4.69, 9.17) is 0 Å². The molecule has 17 heavy (non-hydrogen) atoms. The number of halogens is 2. The van der Waals surface area contributed by atoms with Crippen molar-refractivity contribution in [1.82, 2.24) is 0 Å². The van der Waals surface area contributed by atoms with Crippen molar-refractivity contribution in [2.45, 2.75) is 19.4 Å². The standard InChI is InChI=1S/C12H14BrFO3/c1-7(5-11(15)17-2)12(16)9-6-8(13)3-4-10(9)14/h3-4,6-7,12,16H,5H2,1-2H3. The van der Waals surface area contributed by atoms with E-state index >= 15 is 0 Å². The SMILES string of the molecule is COC(=O)CC(C)C(O)c1cc(Br)ccc1F. The second kappa shape index (κ2) is 6.12. The molecule has 0 saturated heterocycles. The zero-order valence-corrected chi connectivity index (χ0v) is 11.2. The molecular formula is C12H14BrFO3. The van der Waals surface area contributed by atoms with Gasteiger partial charge in [-0.05, 0) is 24.1 Å². The van der Waals surface area contributed by atoms with Gasteiger partial charge in [-0.3, -0.25) is 4.79 Å². The van der Waals surface area contributed by atoms with Gasteiger partial charge in [0.2, 0.25) is 0 Å². The lowest BCUT2D eigenvalue weighted by atomic mass is 9.94. The van der Waals surface area contributed by atoms with Crippen LogP contribution in [0.4, 0.5) is 4.39 Å². The summed E-state index contributed by atoms with van der Waals surface area (Å²) >= 11 is 3.21. The minimum Gasteiger partial charge on any atom is -0.469 e. The number of aliphatic hydroxyl groups excluding tert-OH is 1. The zero-order chi connectivity index (χ0) is 13.0. The van der Waals surface area contributed by atoms with Crippen LogP contribution in [0.3, 0.4) is 0 Å². The van der Waals surface area contributed by atoms with Crippen molar-refractivity contribution in [2.75, 3.05) is 7.11 Å². The molecule has 1 aromatic carbocycles. The van der Waals surface area contributed by atoms with E-state index < -0.39 is 23.8 Å². The number of rotatable bonds is 4. The predicted octanol–water partition coefficient (Wildman–Crippen LogP) is 2.82. The first-order chi connectivity index (χ1) is 7.95. The Balaban J connectivity index is 2.84. The van der Waals surface area contributed by atoms with Gasteiger partial charge in [0, 0.05) is 10.0 Å². The highest BCUT2D eigenvalue weighted by Crippen LogP contribution is 2.28. The fourth-order valence-corrected chi connectivity index (χ4v) is 1.88. The number of carbonyl (C=O) groups is 1. The van der Waals surface area contributed by atoms with Gasteiger partial charge < -0.3 is 9.84 Å². The molecule has 0 saturated carbocycles. The molecule has 1 rings (SSSR count). The highest BCUT2D eigenvalue weighted by Gasteiger charge is 2.22. The molecule has 0 aliphatic rings. The summed E-state index contributed by atoms with van der Waals surface area (Å²) in [7, 11) is 1.28. The summed E-state index contributed by atoms with van der Waals surface area (Å²) < 4.78 is 18.7. The largest absolute Gasteiger partial charge is 0.469 e. The second-order valence-electron chi connectivity index (χ2n) is 3.87. The van der Waals surface area contributed by atoms with Gasteiger partial charge in [0.1, 0.15) is 5.82 Å². The van der Waals surface area contributed by atoms with Gasteiger partial charge in [-0.1, -0.05) is 22.9 Å². The molecule has 2 atom stereocenters. The molecule has 5 heteroatoms. The van der Waals surface area contributed by atoms with Crippen LogP contribution in [0, 0.1) is 11.7 Å². The number of carbonyl (C=O) groups excluding carboxylic acids is 1. The van der Waals surface area contributed by atoms with Gasteiger partial charge in [0.05, 0.1) is 19.6 Å². The maximum Gasteiger partial charge on any atom is 0.305 e. The van der Waals surface area contributed by atoms with E-state index in [0.717, 1.165) is 0 Å². The van der Waals surface area contributed by atoms with Crippen LogP contribution < -0.4 is 0 Å².